The molecule has 0 aliphatic carbocycles. The highest BCUT2D eigenvalue weighted by atomic mass is 32.1. The monoisotopic (exact) mass is 493 g/mol. The number of hydrogen-bond donors (Lipinski definition) is 0. The van der Waals surface area contributed by atoms with Crippen LogP contribution in [0.15, 0.2) is 71.3 Å². The Bertz CT molecular complexity index is 1760. The van der Waals surface area contributed by atoms with Crippen molar-refractivity contribution >= 4 is 42.5 Å². The van der Waals surface area contributed by atoms with Crippen LogP contribution in [0, 0.1) is 25.1 Å². The Kier molecular flexibility index (Phi) is 5.27. The predicted octanol–water partition coefficient (Wildman–Crippen LogP) is 9.87. The molecule has 0 fully saturated rings. The fraction of sp³-hybridized carbons (Fsp3) is 0.219. The maximum Gasteiger partial charge on any atom is 0.151 e. The number of benzene rings is 3. The van der Waals surface area contributed by atoms with Crippen LogP contribution in [0.1, 0.15) is 37.5 Å². The summed E-state index contributed by atoms with van der Waals surface area (Å²) in [5.74, 6) is 0.316. The predicted molar refractivity (Wildman–Crippen MR) is 150 cm³/mol. The molecule has 0 atom stereocenters. The lowest BCUT2D eigenvalue weighted by atomic mass is 9.88. The van der Waals surface area contributed by atoms with Gasteiger partial charge in [0.05, 0.1) is 20.7 Å². The van der Waals surface area contributed by atoms with Gasteiger partial charge in [0.25, 0.3) is 0 Å². The van der Waals surface area contributed by atoms with Crippen LogP contribution in [0.2, 0.25) is 0 Å². The molecule has 2 nitrogen and oxygen atoms in total. The summed E-state index contributed by atoms with van der Waals surface area (Å²) in [5, 5.41) is 2.92. The first-order valence-electron chi connectivity index (χ1n) is 12.3. The molecule has 0 saturated heterocycles. The molecule has 180 valence electrons. The number of rotatable bonds is 3. The Labute approximate surface area is 214 Å². The van der Waals surface area contributed by atoms with E-state index in [2.05, 4.69) is 71.0 Å². The highest BCUT2D eigenvalue weighted by Crippen LogP contribution is 2.43. The minimum absolute atomic E-state index is 0.187. The third-order valence-corrected chi connectivity index (χ3v) is 7.80. The summed E-state index contributed by atoms with van der Waals surface area (Å²) in [7, 11) is 0. The van der Waals surface area contributed by atoms with E-state index in [1.165, 1.54) is 28.0 Å². The number of hydrogen-bond acceptors (Lipinski definition) is 3. The highest BCUT2D eigenvalue weighted by molar-refractivity contribution is 7.26. The average molecular weight is 494 g/mol. The van der Waals surface area contributed by atoms with Gasteiger partial charge in [-0.2, -0.15) is 0 Å². The summed E-state index contributed by atoms with van der Waals surface area (Å²) in [6.07, 6.45) is 2.78. The van der Waals surface area contributed by atoms with Crippen LogP contribution in [0.25, 0.3) is 53.7 Å². The first-order chi connectivity index (χ1) is 17.2. The van der Waals surface area contributed by atoms with E-state index in [1.807, 2.05) is 30.5 Å². The van der Waals surface area contributed by atoms with Crippen molar-refractivity contribution in [1.29, 1.82) is 0 Å². The molecule has 0 N–H and O–H groups in total. The van der Waals surface area contributed by atoms with Crippen LogP contribution in [0.4, 0.5) is 4.39 Å². The van der Waals surface area contributed by atoms with Crippen LogP contribution < -0.4 is 0 Å². The molecule has 0 bridgehead atoms. The van der Waals surface area contributed by atoms with Crippen molar-refractivity contribution in [3.8, 4) is 22.6 Å². The molecule has 0 radical (unpaired) electrons. The third-order valence-electron chi connectivity index (χ3n) is 6.58. The molecule has 36 heavy (non-hydrogen) atoms. The van der Waals surface area contributed by atoms with Gasteiger partial charge in [-0.3, -0.25) is 4.98 Å². The fourth-order valence-electron chi connectivity index (χ4n) is 5.17. The van der Waals surface area contributed by atoms with Crippen molar-refractivity contribution in [3.63, 3.8) is 0 Å². The van der Waals surface area contributed by atoms with Gasteiger partial charge in [0, 0.05) is 27.9 Å². The summed E-state index contributed by atoms with van der Waals surface area (Å²) in [6, 6.07) is 20.5. The molecule has 0 aliphatic heterocycles. The molecule has 3 aromatic heterocycles. The van der Waals surface area contributed by atoms with Crippen LogP contribution >= 0.6 is 11.3 Å². The van der Waals surface area contributed by atoms with E-state index in [4.69, 9.17) is 9.40 Å². The zero-order chi connectivity index (χ0) is 25.2. The lowest BCUT2D eigenvalue weighted by Gasteiger charge is -2.17. The normalized spacial score (nSPS) is 12.3. The minimum atomic E-state index is -0.242. The second-order valence-electron chi connectivity index (χ2n) is 11.0. The molecular weight excluding hydrogens is 465 g/mol. The average Bonchev–Trinajstić information content (AvgIpc) is 3.39. The van der Waals surface area contributed by atoms with Crippen molar-refractivity contribution in [3.05, 3.63) is 89.4 Å². The summed E-state index contributed by atoms with van der Waals surface area (Å²) in [4.78, 5) is 4.70. The number of aromatic nitrogens is 1. The molecule has 0 aliphatic rings. The lowest BCUT2D eigenvalue weighted by Crippen LogP contribution is -2.08. The van der Waals surface area contributed by atoms with E-state index < -0.39 is 0 Å². The van der Waals surface area contributed by atoms with E-state index in [1.54, 1.807) is 0 Å². The topological polar surface area (TPSA) is 26.0 Å². The Balaban J connectivity index is 1.49. The molecule has 0 saturated carbocycles. The fourth-order valence-corrected chi connectivity index (χ4v) is 6.42. The van der Waals surface area contributed by atoms with Gasteiger partial charge in [0.1, 0.15) is 11.3 Å². The van der Waals surface area contributed by atoms with Crippen molar-refractivity contribution in [2.24, 2.45) is 5.41 Å². The number of nitrogens with zero attached hydrogens (tertiary/aromatic N) is 1. The number of thiophene rings is 1. The third kappa shape index (κ3) is 4.00. The van der Waals surface area contributed by atoms with E-state index >= 15 is 4.39 Å². The maximum atomic E-state index is 16.0. The molecule has 0 unspecified atom stereocenters. The van der Waals surface area contributed by atoms with Crippen LogP contribution in [0.5, 0.6) is 0 Å². The standard InChI is InChI=1S/C32H28FNOS/c1-18-12-19(2)14-22(13-18)29-31-24(10-11-34-29)23-8-9-25(28(33)30(23)36-31)27-16-21-7-6-20(15-26(21)35-27)17-32(3,4)5/h6-16H,17H2,1-5H3. The van der Waals surface area contributed by atoms with Gasteiger partial charge in [-0.05, 0) is 67.6 Å². The Morgan fingerprint density at radius 2 is 1.61 bits per heavy atom. The SMILES string of the molecule is Cc1cc(C)cc(-c2nccc3c2sc2c(F)c(-c4cc5ccc(CC(C)(C)C)cc5o4)ccc23)c1. The van der Waals surface area contributed by atoms with E-state index in [-0.39, 0.29) is 11.2 Å². The summed E-state index contributed by atoms with van der Waals surface area (Å²) in [5.41, 5.74) is 7.04. The molecule has 3 aromatic carbocycles. The molecule has 4 heteroatoms. The van der Waals surface area contributed by atoms with Gasteiger partial charge in [0.2, 0.25) is 0 Å². The van der Waals surface area contributed by atoms with E-state index in [0.29, 0.717) is 16.0 Å². The quantitative estimate of drug-likeness (QED) is 0.245. The Morgan fingerprint density at radius 3 is 2.36 bits per heavy atom. The number of halogens is 1. The van der Waals surface area contributed by atoms with Gasteiger partial charge in [-0.1, -0.05) is 56.2 Å². The maximum absolute atomic E-state index is 16.0. The molecule has 3 heterocycles. The summed E-state index contributed by atoms with van der Waals surface area (Å²) in [6.45, 7) is 10.9. The zero-order valence-corrected chi connectivity index (χ0v) is 22.0. The summed E-state index contributed by atoms with van der Waals surface area (Å²) >= 11 is 1.47. The van der Waals surface area contributed by atoms with Gasteiger partial charge in [0.15, 0.2) is 5.82 Å². The van der Waals surface area contributed by atoms with Crippen LogP contribution in [-0.2, 0) is 6.42 Å². The number of furan rings is 1. The molecule has 6 rings (SSSR count). The second kappa shape index (κ2) is 8.28. The summed E-state index contributed by atoms with van der Waals surface area (Å²) < 4.78 is 23.8. The van der Waals surface area contributed by atoms with Gasteiger partial charge >= 0.3 is 0 Å². The smallest absolute Gasteiger partial charge is 0.151 e. The Hall–Kier alpha value is -3.50. The zero-order valence-electron chi connectivity index (χ0n) is 21.2. The van der Waals surface area contributed by atoms with Gasteiger partial charge in [-0.25, -0.2) is 4.39 Å². The lowest BCUT2D eigenvalue weighted by molar-refractivity contribution is 0.411. The van der Waals surface area contributed by atoms with E-state index in [0.717, 1.165) is 44.1 Å². The van der Waals surface area contributed by atoms with Crippen molar-refractivity contribution < 1.29 is 8.81 Å². The van der Waals surface area contributed by atoms with Gasteiger partial charge < -0.3 is 4.42 Å². The van der Waals surface area contributed by atoms with Crippen LogP contribution in [-0.4, -0.2) is 4.98 Å². The first-order valence-corrected chi connectivity index (χ1v) is 13.1. The van der Waals surface area contributed by atoms with Crippen molar-refractivity contribution in [2.45, 2.75) is 41.0 Å². The number of fused-ring (bicyclic) bond motifs is 4. The first kappa shape index (κ1) is 22.9. The second-order valence-corrected chi connectivity index (χ2v) is 12.1. The minimum Gasteiger partial charge on any atom is -0.456 e. The molecule has 0 spiro atoms. The largest absolute Gasteiger partial charge is 0.456 e. The van der Waals surface area contributed by atoms with E-state index in [9.17, 15) is 0 Å². The van der Waals surface area contributed by atoms with Crippen molar-refractivity contribution in [2.75, 3.05) is 0 Å². The number of aryl methyl sites for hydroxylation is 2. The number of pyridine rings is 1. The Morgan fingerprint density at radius 1 is 0.861 bits per heavy atom. The van der Waals surface area contributed by atoms with Crippen LogP contribution in [0.3, 0.4) is 0 Å². The van der Waals surface area contributed by atoms with Crippen molar-refractivity contribution in [1.82, 2.24) is 4.98 Å². The molecular formula is C32H28FNOS. The molecule has 6 aromatic rings. The molecule has 0 amide bonds. The van der Waals surface area contributed by atoms with Gasteiger partial charge in [-0.15, -0.1) is 11.3 Å². The highest BCUT2D eigenvalue weighted by Gasteiger charge is 2.20.